The van der Waals surface area contributed by atoms with Crippen molar-refractivity contribution in [2.75, 3.05) is 5.75 Å². The van der Waals surface area contributed by atoms with E-state index in [1.807, 2.05) is 6.92 Å². The minimum Gasteiger partial charge on any atom is -0.273 e. The Morgan fingerprint density at radius 1 is 1.57 bits per heavy atom. The highest BCUT2D eigenvalue weighted by molar-refractivity contribution is 8.01. The van der Waals surface area contributed by atoms with E-state index >= 15 is 0 Å². The lowest BCUT2D eigenvalue weighted by Gasteiger charge is -1.92. The van der Waals surface area contributed by atoms with Crippen molar-refractivity contribution in [2.45, 2.75) is 17.7 Å². The summed E-state index contributed by atoms with van der Waals surface area (Å²) in [6.45, 7) is 1.92. The molecule has 5 nitrogen and oxygen atoms in total. The van der Waals surface area contributed by atoms with Gasteiger partial charge in [0.05, 0.1) is 12.1 Å². The number of aromatic nitrogens is 2. The van der Waals surface area contributed by atoms with Crippen LogP contribution in [0, 0.1) is 6.92 Å². The van der Waals surface area contributed by atoms with Gasteiger partial charge in [0.1, 0.15) is 5.01 Å². The number of thioether (sulfide) groups is 1. The highest BCUT2D eigenvalue weighted by atomic mass is 32.2. The number of nitrogens with zero attached hydrogens (tertiary/aromatic N) is 3. The van der Waals surface area contributed by atoms with Crippen molar-refractivity contribution in [3.05, 3.63) is 5.01 Å². The minimum absolute atomic E-state index is 0.0333. The molecule has 0 aromatic carbocycles. The first-order valence-corrected chi connectivity index (χ1v) is 5.81. The molecule has 7 heteroatoms. The molecule has 2 heterocycles. The average molecular weight is 228 g/mol. The number of rotatable bonds is 3. The summed E-state index contributed by atoms with van der Waals surface area (Å²) in [5.41, 5.74) is 3.28. The van der Waals surface area contributed by atoms with Crippen LogP contribution in [-0.2, 0) is 4.79 Å². The monoisotopic (exact) mass is 228 g/mol. The fourth-order valence-electron chi connectivity index (χ4n) is 0.971. The molecule has 0 fully saturated rings. The molecule has 1 amide bonds. The van der Waals surface area contributed by atoms with E-state index in [9.17, 15) is 4.79 Å². The Hall–Kier alpha value is -0.950. The number of carbonyl (C=O) groups excluding carboxylic acids is 1. The van der Waals surface area contributed by atoms with Crippen molar-refractivity contribution in [3.63, 3.8) is 0 Å². The molecular weight excluding hydrogens is 220 g/mol. The van der Waals surface area contributed by atoms with Gasteiger partial charge in [0.25, 0.3) is 0 Å². The van der Waals surface area contributed by atoms with Crippen LogP contribution in [0.5, 0.6) is 0 Å². The number of aryl methyl sites for hydroxylation is 1. The zero-order valence-corrected chi connectivity index (χ0v) is 9.11. The molecule has 2 rings (SSSR count). The Labute approximate surface area is 89.0 Å². The number of hydrogen-bond donors (Lipinski definition) is 1. The van der Waals surface area contributed by atoms with Crippen LogP contribution in [-0.4, -0.2) is 27.6 Å². The number of carbonyl (C=O) groups is 1. The van der Waals surface area contributed by atoms with Gasteiger partial charge in [0.2, 0.25) is 5.91 Å². The van der Waals surface area contributed by atoms with Gasteiger partial charge in [-0.1, -0.05) is 23.1 Å². The first-order chi connectivity index (χ1) is 6.74. The van der Waals surface area contributed by atoms with Crippen molar-refractivity contribution in [1.29, 1.82) is 0 Å². The highest BCUT2D eigenvalue weighted by Gasteiger charge is 2.14. The van der Waals surface area contributed by atoms with Crippen LogP contribution < -0.4 is 5.43 Å². The summed E-state index contributed by atoms with van der Waals surface area (Å²) in [6.07, 6.45) is 0.408. The molecule has 74 valence electrons. The van der Waals surface area contributed by atoms with Gasteiger partial charge in [-0.2, -0.15) is 5.10 Å². The van der Waals surface area contributed by atoms with Crippen molar-refractivity contribution in [2.24, 2.45) is 5.10 Å². The lowest BCUT2D eigenvalue weighted by atomic mass is 10.3. The Balaban J connectivity index is 1.86. The maximum Gasteiger partial charge on any atom is 0.245 e. The lowest BCUT2D eigenvalue weighted by molar-refractivity contribution is -0.119. The Morgan fingerprint density at radius 2 is 2.43 bits per heavy atom. The van der Waals surface area contributed by atoms with E-state index in [2.05, 4.69) is 20.7 Å². The van der Waals surface area contributed by atoms with Gasteiger partial charge in [-0.15, -0.1) is 10.2 Å². The zero-order valence-electron chi connectivity index (χ0n) is 7.48. The summed E-state index contributed by atoms with van der Waals surface area (Å²) >= 11 is 3.11. The van der Waals surface area contributed by atoms with Crippen molar-refractivity contribution in [3.8, 4) is 0 Å². The summed E-state index contributed by atoms with van der Waals surface area (Å²) in [5.74, 6) is 0.668. The summed E-state index contributed by atoms with van der Waals surface area (Å²) in [5, 5.41) is 12.7. The molecule has 1 aromatic rings. The fraction of sp³-hybridized carbons (Fsp3) is 0.429. The molecule has 0 saturated heterocycles. The topological polar surface area (TPSA) is 67.2 Å². The third-order valence-corrected chi connectivity index (χ3v) is 3.62. The normalized spacial score (nSPS) is 15.5. The van der Waals surface area contributed by atoms with Crippen molar-refractivity contribution >= 4 is 34.7 Å². The molecule has 0 radical (unpaired) electrons. The van der Waals surface area contributed by atoms with E-state index < -0.39 is 0 Å². The van der Waals surface area contributed by atoms with Crippen LogP contribution in [0.2, 0.25) is 0 Å². The van der Waals surface area contributed by atoms with Gasteiger partial charge >= 0.3 is 0 Å². The Kier molecular flexibility index (Phi) is 2.78. The quantitative estimate of drug-likeness (QED) is 0.778. The molecule has 0 bridgehead atoms. The molecule has 0 spiro atoms. The molecular formula is C7H8N4OS2. The van der Waals surface area contributed by atoms with Crippen LogP contribution >= 0.6 is 23.1 Å². The van der Waals surface area contributed by atoms with Crippen LogP contribution in [0.4, 0.5) is 0 Å². The molecule has 1 N–H and O–H groups in total. The van der Waals surface area contributed by atoms with Gasteiger partial charge < -0.3 is 0 Å². The van der Waals surface area contributed by atoms with Crippen LogP contribution in [0.15, 0.2) is 9.44 Å². The SMILES string of the molecule is Cc1nnc(SCC2=NNC(=O)C2)s1. The number of hydrogen-bond acceptors (Lipinski definition) is 6. The predicted octanol–water partition coefficient (Wildman–Crippen LogP) is 0.815. The van der Waals surface area contributed by atoms with Gasteiger partial charge in [-0.05, 0) is 6.92 Å². The second kappa shape index (κ2) is 4.05. The van der Waals surface area contributed by atoms with E-state index in [0.717, 1.165) is 15.1 Å². The van der Waals surface area contributed by atoms with Gasteiger partial charge in [0.15, 0.2) is 4.34 Å². The molecule has 1 aliphatic heterocycles. The van der Waals surface area contributed by atoms with E-state index in [-0.39, 0.29) is 5.91 Å². The first-order valence-electron chi connectivity index (χ1n) is 4.01. The molecule has 0 atom stereocenters. The standard InChI is InChI=1S/C7H8N4OS2/c1-4-8-11-7(14-4)13-3-5-2-6(12)10-9-5/h2-3H2,1H3,(H,10,12). The second-order valence-electron chi connectivity index (χ2n) is 2.77. The van der Waals surface area contributed by atoms with Gasteiger partial charge in [0, 0.05) is 5.75 Å². The van der Waals surface area contributed by atoms with Crippen LogP contribution in [0.25, 0.3) is 0 Å². The Bertz CT molecular complexity index is 387. The van der Waals surface area contributed by atoms with Crippen LogP contribution in [0.3, 0.4) is 0 Å². The molecule has 1 aromatic heterocycles. The number of nitrogens with one attached hydrogen (secondary N) is 1. The maximum atomic E-state index is 10.8. The summed E-state index contributed by atoms with van der Waals surface area (Å²) in [6, 6.07) is 0. The number of hydrazone groups is 1. The van der Waals surface area contributed by atoms with Gasteiger partial charge in [-0.3, -0.25) is 4.79 Å². The summed E-state index contributed by atoms with van der Waals surface area (Å²) in [7, 11) is 0. The lowest BCUT2D eigenvalue weighted by Crippen LogP contribution is -2.09. The van der Waals surface area contributed by atoms with E-state index in [1.165, 1.54) is 0 Å². The summed E-state index contributed by atoms with van der Waals surface area (Å²) < 4.78 is 0.921. The molecule has 0 unspecified atom stereocenters. The Morgan fingerprint density at radius 3 is 3.00 bits per heavy atom. The molecule has 0 saturated carbocycles. The number of amides is 1. The third-order valence-electron chi connectivity index (χ3n) is 1.57. The minimum atomic E-state index is -0.0333. The van der Waals surface area contributed by atoms with E-state index in [1.54, 1.807) is 23.1 Å². The zero-order chi connectivity index (χ0) is 9.97. The van der Waals surface area contributed by atoms with E-state index in [4.69, 9.17) is 0 Å². The van der Waals surface area contributed by atoms with Crippen LogP contribution in [0.1, 0.15) is 11.4 Å². The third kappa shape index (κ3) is 2.30. The molecule has 0 aliphatic carbocycles. The largest absolute Gasteiger partial charge is 0.273 e. The maximum absolute atomic E-state index is 10.8. The smallest absolute Gasteiger partial charge is 0.245 e. The average Bonchev–Trinajstić information content (AvgIpc) is 2.72. The summed E-state index contributed by atoms with van der Waals surface area (Å²) in [4.78, 5) is 10.8. The molecule has 14 heavy (non-hydrogen) atoms. The highest BCUT2D eigenvalue weighted by Crippen LogP contribution is 2.22. The fourth-order valence-corrected chi connectivity index (χ4v) is 2.72. The van der Waals surface area contributed by atoms with Crippen molar-refractivity contribution < 1.29 is 4.79 Å². The van der Waals surface area contributed by atoms with E-state index in [0.29, 0.717) is 12.2 Å². The molecule has 1 aliphatic rings. The second-order valence-corrected chi connectivity index (χ2v) is 5.17. The first kappa shape index (κ1) is 9.60. The van der Waals surface area contributed by atoms with Gasteiger partial charge in [-0.25, -0.2) is 5.43 Å². The predicted molar refractivity (Wildman–Crippen MR) is 55.6 cm³/mol. The van der Waals surface area contributed by atoms with Crippen molar-refractivity contribution in [1.82, 2.24) is 15.6 Å².